The highest BCUT2D eigenvalue weighted by Crippen LogP contribution is 2.31. The molecule has 0 bridgehead atoms. The minimum Gasteiger partial charge on any atom is -0.459 e. The number of piperidine rings is 1. The molecule has 0 saturated carbocycles. The Balaban J connectivity index is 1.41. The highest BCUT2D eigenvalue weighted by atomic mass is 19.1. The molecular weight excluding hydrogens is 327 g/mol. The number of ether oxygens (including phenoxy) is 1. The van der Waals surface area contributed by atoms with Gasteiger partial charge in [0.25, 0.3) is 5.91 Å². The zero-order valence-electron chi connectivity index (χ0n) is 13.7. The predicted molar refractivity (Wildman–Crippen MR) is 86.7 cm³/mol. The number of halogens is 1. The normalized spacial score (nSPS) is 20.0. The first-order valence-corrected chi connectivity index (χ1v) is 8.34. The summed E-state index contributed by atoms with van der Waals surface area (Å²) in [6.07, 6.45) is 5.37. The van der Waals surface area contributed by atoms with E-state index in [0.717, 1.165) is 12.8 Å². The lowest BCUT2D eigenvalue weighted by Gasteiger charge is -2.47. The van der Waals surface area contributed by atoms with Gasteiger partial charge < -0.3 is 19.0 Å². The molecule has 4 heterocycles. The molecule has 2 aromatic rings. The Morgan fingerprint density at radius 3 is 2.64 bits per heavy atom. The average molecular weight is 346 g/mol. The summed E-state index contributed by atoms with van der Waals surface area (Å²) in [6, 6.07) is 3.39. The van der Waals surface area contributed by atoms with Crippen molar-refractivity contribution < 1.29 is 18.3 Å². The summed E-state index contributed by atoms with van der Waals surface area (Å²) in [5.41, 5.74) is -0.350. The topological polar surface area (TPSA) is 71.7 Å². The molecule has 0 radical (unpaired) electrons. The Hall–Kier alpha value is -2.48. The second-order valence-electron chi connectivity index (χ2n) is 6.42. The molecule has 0 N–H and O–H groups in total. The van der Waals surface area contributed by atoms with E-state index in [1.54, 1.807) is 17.0 Å². The fraction of sp³-hybridized carbons (Fsp3) is 0.471. The van der Waals surface area contributed by atoms with E-state index in [9.17, 15) is 9.18 Å². The molecular formula is C17H19FN4O3. The molecule has 8 heteroatoms. The van der Waals surface area contributed by atoms with Crippen molar-refractivity contribution in [1.29, 1.82) is 0 Å². The van der Waals surface area contributed by atoms with Crippen molar-refractivity contribution in [2.24, 2.45) is 0 Å². The SMILES string of the molecule is O=C(c1ccco1)N1CCOC2(CCN(c3ncc(F)cn3)CC2)C1. The van der Waals surface area contributed by atoms with Crippen LogP contribution in [0, 0.1) is 5.82 Å². The maximum absolute atomic E-state index is 13.0. The number of nitrogens with zero attached hydrogens (tertiary/aromatic N) is 4. The molecule has 2 aliphatic rings. The number of anilines is 1. The minimum absolute atomic E-state index is 0.100. The Morgan fingerprint density at radius 1 is 1.20 bits per heavy atom. The highest BCUT2D eigenvalue weighted by molar-refractivity contribution is 5.91. The molecule has 0 unspecified atom stereocenters. The molecule has 0 aliphatic carbocycles. The van der Waals surface area contributed by atoms with E-state index in [1.807, 2.05) is 4.90 Å². The lowest BCUT2D eigenvalue weighted by molar-refractivity contribution is -0.112. The number of aromatic nitrogens is 2. The lowest BCUT2D eigenvalue weighted by Crippen LogP contribution is -2.58. The molecule has 0 atom stereocenters. The van der Waals surface area contributed by atoms with Gasteiger partial charge in [-0.05, 0) is 25.0 Å². The first-order valence-electron chi connectivity index (χ1n) is 8.34. The zero-order chi connectivity index (χ0) is 17.3. The first-order chi connectivity index (χ1) is 12.2. The molecule has 0 aromatic carbocycles. The number of carbonyl (C=O) groups excluding carboxylic acids is 1. The van der Waals surface area contributed by atoms with Crippen LogP contribution in [0.25, 0.3) is 0 Å². The number of furan rings is 1. The van der Waals surface area contributed by atoms with E-state index in [2.05, 4.69) is 9.97 Å². The van der Waals surface area contributed by atoms with Crippen LogP contribution in [0.15, 0.2) is 35.2 Å². The van der Waals surface area contributed by atoms with Gasteiger partial charge in [0.05, 0.1) is 37.4 Å². The van der Waals surface area contributed by atoms with Gasteiger partial charge in [0.15, 0.2) is 11.6 Å². The summed E-state index contributed by atoms with van der Waals surface area (Å²) < 4.78 is 24.2. The fourth-order valence-electron chi connectivity index (χ4n) is 3.46. The lowest BCUT2D eigenvalue weighted by atomic mass is 9.89. The number of morpholine rings is 1. The van der Waals surface area contributed by atoms with Crippen molar-refractivity contribution in [1.82, 2.24) is 14.9 Å². The summed E-state index contributed by atoms with van der Waals surface area (Å²) in [5, 5.41) is 0. The number of rotatable bonds is 2. The van der Waals surface area contributed by atoms with E-state index in [1.165, 1.54) is 18.7 Å². The van der Waals surface area contributed by atoms with Gasteiger partial charge in [-0.25, -0.2) is 14.4 Å². The van der Waals surface area contributed by atoms with Gasteiger partial charge in [-0.15, -0.1) is 0 Å². The minimum atomic E-state index is -0.445. The largest absolute Gasteiger partial charge is 0.459 e. The van der Waals surface area contributed by atoms with Gasteiger partial charge in [0, 0.05) is 19.6 Å². The van der Waals surface area contributed by atoms with Gasteiger partial charge in [0.1, 0.15) is 0 Å². The first kappa shape index (κ1) is 16.0. The van der Waals surface area contributed by atoms with Crippen LogP contribution >= 0.6 is 0 Å². The average Bonchev–Trinajstić information content (AvgIpc) is 3.17. The van der Waals surface area contributed by atoms with Crippen LogP contribution < -0.4 is 4.90 Å². The molecule has 25 heavy (non-hydrogen) atoms. The van der Waals surface area contributed by atoms with Crippen molar-refractivity contribution in [3.63, 3.8) is 0 Å². The van der Waals surface area contributed by atoms with Gasteiger partial charge in [0.2, 0.25) is 5.95 Å². The Kier molecular flexibility index (Phi) is 4.12. The van der Waals surface area contributed by atoms with Crippen molar-refractivity contribution in [2.75, 3.05) is 37.7 Å². The molecule has 2 aromatic heterocycles. The van der Waals surface area contributed by atoms with E-state index in [4.69, 9.17) is 9.15 Å². The van der Waals surface area contributed by atoms with Gasteiger partial charge in [-0.2, -0.15) is 0 Å². The molecule has 1 spiro atoms. The summed E-state index contributed by atoms with van der Waals surface area (Å²) >= 11 is 0. The van der Waals surface area contributed by atoms with Crippen molar-refractivity contribution in [3.05, 3.63) is 42.4 Å². The molecule has 2 aliphatic heterocycles. The van der Waals surface area contributed by atoms with Crippen LogP contribution in [0.3, 0.4) is 0 Å². The van der Waals surface area contributed by atoms with Gasteiger partial charge >= 0.3 is 0 Å². The third-order valence-electron chi connectivity index (χ3n) is 4.83. The van der Waals surface area contributed by atoms with E-state index < -0.39 is 5.82 Å². The van der Waals surface area contributed by atoms with Crippen molar-refractivity contribution in [2.45, 2.75) is 18.4 Å². The Labute approximate surface area is 144 Å². The second-order valence-corrected chi connectivity index (χ2v) is 6.42. The molecule has 2 saturated heterocycles. The highest BCUT2D eigenvalue weighted by Gasteiger charge is 2.41. The Morgan fingerprint density at radius 2 is 1.96 bits per heavy atom. The molecule has 132 valence electrons. The summed E-state index contributed by atoms with van der Waals surface area (Å²) in [7, 11) is 0. The standard InChI is InChI=1S/C17H19FN4O3/c18-13-10-19-16(20-11-13)21-5-3-17(4-6-21)12-22(7-9-25-17)15(23)14-2-1-8-24-14/h1-2,8,10-11H,3-7,9,12H2. The monoisotopic (exact) mass is 346 g/mol. The van der Waals surface area contributed by atoms with Crippen LogP contribution in [-0.2, 0) is 4.74 Å². The van der Waals surface area contributed by atoms with Crippen molar-refractivity contribution >= 4 is 11.9 Å². The van der Waals surface area contributed by atoms with Crippen LogP contribution in [0.2, 0.25) is 0 Å². The van der Waals surface area contributed by atoms with Gasteiger partial charge in [-0.3, -0.25) is 4.79 Å². The van der Waals surface area contributed by atoms with Crippen LogP contribution in [0.4, 0.5) is 10.3 Å². The predicted octanol–water partition coefficient (Wildman–Crippen LogP) is 1.72. The quantitative estimate of drug-likeness (QED) is 0.825. The fourth-order valence-corrected chi connectivity index (χ4v) is 3.46. The van der Waals surface area contributed by atoms with Gasteiger partial charge in [-0.1, -0.05) is 0 Å². The van der Waals surface area contributed by atoms with Crippen LogP contribution in [-0.4, -0.2) is 59.2 Å². The molecule has 4 rings (SSSR count). The van der Waals surface area contributed by atoms with Crippen LogP contribution in [0.5, 0.6) is 0 Å². The van der Waals surface area contributed by atoms with Crippen LogP contribution in [0.1, 0.15) is 23.4 Å². The second kappa shape index (κ2) is 6.44. The Bertz CT molecular complexity index is 727. The third kappa shape index (κ3) is 3.21. The zero-order valence-corrected chi connectivity index (χ0v) is 13.7. The molecule has 2 fully saturated rings. The number of carbonyl (C=O) groups is 1. The molecule has 1 amide bonds. The summed E-state index contributed by atoms with van der Waals surface area (Å²) in [5.74, 6) is 0.335. The van der Waals surface area contributed by atoms with E-state index >= 15 is 0 Å². The molecule has 7 nitrogen and oxygen atoms in total. The summed E-state index contributed by atoms with van der Waals surface area (Å²) in [6.45, 7) is 3.03. The number of hydrogen-bond donors (Lipinski definition) is 0. The smallest absolute Gasteiger partial charge is 0.289 e. The maximum Gasteiger partial charge on any atom is 0.289 e. The maximum atomic E-state index is 13.0. The van der Waals surface area contributed by atoms with E-state index in [-0.39, 0.29) is 11.5 Å². The summed E-state index contributed by atoms with van der Waals surface area (Å²) in [4.78, 5) is 24.4. The van der Waals surface area contributed by atoms with Crippen molar-refractivity contribution in [3.8, 4) is 0 Å². The number of amides is 1. The third-order valence-corrected chi connectivity index (χ3v) is 4.83. The van der Waals surface area contributed by atoms with E-state index in [0.29, 0.717) is 44.5 Å². The number of hydrogen-bond acceptors (Lipinski definition) is 6.